The van der Waals surface area contributed by atoms with Crippen LogP contribution < -0.4 is 15.5 Å². The quantitative estimate of drug-likeness (QED) is 0.576. The number of carbonyl (C=O) groups is 2. The van der Waals surface area contributed by atoms with E-state index in [1.807, 2.05) is 65.9 Å². The molecule has 8 heteroatoms. The van der Waals surface area contributed by atoms with Crippen LogP contribution in [-0.4, -0.2) is 59.2 Å². The Bertz CT molecular complexity index is 1200. The Balaban J connectivity index is 1.32. The largest absolute Gasteiger partial charge is 0.372 e. The lowest BCUT2D eigenvalue weighted by atomic mass is 10.00. The first-order chi connectivity index (χ1) is 17.0. The van der Waals surface area contributed by atoms with Crippen molar-refractivity contribution in [3.8, 4) is 5.69 Å². The summed E-state index contributed by atoms with van der Waals surface area (Å²) in [6.07, 6.45) is 2.46. The van der Waals surface area contributed by atoms with Crippen molar-refractivity contribution in [3.63, 3.8) is 0 Å². The second-order valence-electron chi connectivity index (χ2n) is 9.29. The van der Waals surface area contributed by atoms with Gasteiger partial charge in [0.05, 0.1) is 17.9 Å². The molecule has 35 heavy (non-hydrogen) atoms. The van der Waals surface area contributed by atoms with Gasteiger partial charge < -0.3 is 15.5 Å². The number of para-hydroxylation sites is 1. The zero-order chi connectivity index (χ0) is 24.4. The minimum Gasteiger partial charge on any atom is -0.372 e. The normalized spacial score (nSPS) is 18.5. The molecule has 2 fully saturated rings. The standard InChI is InChI=1S/C27H32N6O2/c1-19-25(20(2)33(30-19)23-8-4-3-5-9-23)26-27(35)28-14-17-32(26)18-24(34)29-21-10-12-22(13-11-21)31-15-6-7-16-31/h3-5,8-13,26H,6-7,14-18H2,1-2H3,(H,28,35)(H,29,34)/t26-/m1/s1. The molecule has 0 unspecified atom stereocenters. The van der Waals surface area contributed by atoms with Crippen LogP contribution in [-0.2, 0) is 9.59 Å². The Kier molecular flexibility index (Phi) is 6.55. The van der Waals surface area contributed by atoms with E-state index in [1.165, 1.54) is 18.5 Å². The number of anilines is 2. The number of nitrogens with one attached hydrogen (secondary N) is 2. The number of aryl methyl sites for hydroxylation is 1. The van der Waals surface area contributed by atoms with Crippen molar-refractivity contribution in [2.24, 2.45) is 0 Å². The molecular formula is C27H32N6O2. The van der Waals surface area contributed by atoms with Crippen molar-refractivity contribution >= 4 is 23.2 Å². The van der Waals surface area contributed by atoms with E-state index >= 15 is 0 Å². The number of nitrogens with zero attached hydrogens (tertiary/aromatic N) is 4. The highest BCUT2D eigenvalue weighted by atomic mass is 16.2. The number of hydrogen-bond acceptors (Lipinski definition) is 5. The molecule has 1 aromatic heterocycles. The summed E-state index contributed by atoms with van der Waals surface area (Å²) in [7, 11) is 0. The zero-order valence-corrected chi connectivity index (χ0v) is 20.3. The maximum absolute atomic E-state index is 13.0. The molecule has 5 rings (SSSR count). The van der Waals surface area contributed by atoms with Gasteiger partial charge in [-0.3, -0.25) is 14.5 Å². The lowest BCUT2D eigenvalue weighted by Gasteiger charge is -2.34. The molecule has 0 bridgehead atoms. The van der Waals surface area contributed by atoms with Crippen LogP contribution in [0.5, 0.6) is 0 Å². The third-order valence-electron chi connectivity index (χ3n) is 6.90. The van der Waals surface area contributed by atoms with Gasteiger partial charge in [0, 0.05) is 48.8 Å². The Morgan fingerprint density at radius 3 is 2.43 bits per heavy atom. The second-order valence-corrected chi connectivity index (χ2v) is 9.29. The van der Waals surface area contributed by atoms with Crippen LogP contribution in [0.4, 0.5) is 11.4 Å². The van der Waals surface area contributed by atoms with Crippen molar-refractivity contribution < 1.29 is 9.59 Å². The Hall–Kier alpha value is -3.65. The molecule has 0 spiro atoms. The van der Waals surface area contributed by atoms with Gasteiger partial charge in [-0.15, -0.1) is 0 Å². The average molecular weight is 473 g/mol. The monoisotopic (exact) mass is 472 g/mol. The van der Waals surface area contributed by atoms with Gasteiger partial charge in [-0.25, -0.2) is 4.68 Å². The molecule has 3 heterocycles. The highest BCUT2D eigenvalue weighted by Gasteiger charge is 2.36. The van der Waals surface area contributed by atoms with Gasteiger partial charge >= 0.3 is 0 Å². The predicted molar refractivity (Wildman–Crippen MR) is 137 cm³/mol. The van der Waals surface area contributed by atoms with E-state index < -0.39 is 6.04 Å². The fraction of sp³-hybridized carbons (Fsp3) is 0.370. The second kappa shape index (κ2) is 9.92. The van der Waals surface area contributed by atoms with Crippen LogP contribution in [0.25, 0.3) is 5.69 Å². The number of benzene rings is 2. The molecule has 1 atom stereocenters. The summed E-state index contributed by atoms with van der Waals surface area (Å²) in [5.41, 5.74) is 5.44. The van der Waals surface area contributed by atoms with Crippen molar-refractivity contribution in [2.45, 2.75) is 32.7 Å². The van der Waals surface area contributed by atoms with Crippen LogP contribution in [0.15, 0.2) is 54.6 Å². The number of hydrogen-bond donors (Lipinski definition) is 2. The molecule has 2 amide bonds. The van der Waals surface area contributed by atoms with E-state index in [1.54, 1.807) is 0 Å². The number of aromatic nitrogens is 2. The molecular weight excluding hydrogens is 440 g/mol. The highest BCUT2D eigenvalue weighted by molar-refractivity contribution is 5.93. The summed E-state index contributed by atoms with van der Waals surface area (Å²) in [4.78, 5) is 30.3. The molecule has 182 valence electrons. The lowest BCUT2D eigenvalue weighted by molar-refractivity contribution is -0.130. The van der Waals surface area contributed by atoms with E-state index in [2.05, 4.69) is 27.7 Å². The number of amides is 2. The molecule has 2 aliphatic heterocycles. The van der Waals surface area contributed by atoms with Crippen LogP contribution in [0.2, 0.25) is 0 Å². The van der Waals surface area contributed by atoms with Gasteiger partial charge in [-0.05, 0) is 63.1 Å². The van der Waals surface area contributed by atoms with Crippen molar-refractivity contribution in [1.82, 2.24) is 20.0 Å². The minimum absolute atomic E-state index is 0.0992. The van der Waals surface area contributed by atoms with Crippen molar-refractivity contribution in [1.29, 1.82) is 0 Å². The Morgan fingerprint density at radius 2 is 1.71 bits per heavy atom. The van der Waals surface area contributed by atoms with E-state index in [-0.39, 0.29) is 18.4 Å². The van der Waals surface area contributed by atoms with Gasteiger partial charge in [0.2, 0.25) is 11.8 Å². The predicted octanol–water partition coefficient (Wildman–Crippen LogP) is 3.20. The van der Waals surface area contributed by atoms with E-state index in [9.17, 15) is 9.59 Å². The molecule has 8 nitrogen and oxygen atoms in total. The average Bonchev–Trinajstić information content (AvgIpc) is 3.49. The summed E-state index contributed by atoms with van der Waals surface area (Å²) in [5, 5.41) is 10.7. The smallest absolute Gasteiger partial charge is 0.242 e. The molecule has 2 aliphatic rings. The van der Waals surface area contributed by atoms with Crippen LogP contribution in [0, 0.1) is 13.8 Å². The summed E-state index contributed by atoms with van der Waals surface area (Å²) in [6.45, 7) is 7.30. The number of rotatable bonds is 6. The summed E-state index contributed by atoms with van der Waals surface area (Å²) >= 11 is 0. The van der Waals surface area contributed by atoms with Gasteiger partial charge in [0.1, 0.15) is 6.04 Å². The Labute approximate surface area is 205 Å². The van der Waals surface area contributed by atoms with Gasteiger partial charge in [0.15, 0.2) is 0 Å². The maximum atomic E-state index is 13.0. The van der Waals surface area contributed by atoms with Crippen LogP contribution in [0.1, 0.15) is 35.8 Å². The number of piperazine rings is 1. The summed E-state index contributed by atoms with van der Waals surface area (Å²) < 4.78 is 1.87. The first kappa shape index (κ1) is 23.1. The van der Waals surface area contributed by atoms with E-state index in [4.69, 9.17) is 5.10 Å². The minimum atomic E-state index is -0.565. The molecule has 0 aliphatic carbocycles. The van der Waals surface area contributed by atoms with E-state index in [0.29, 0.717) is 13.1 Å². The molecule has 2 aromatic carbocycles. The maximum Gasteiger partial charge on any atom is 0.242 e. The summed E-state index contributed by atoms with van der Waals surface area (Å²) in [5.74, 6) is -0.234. The topological polar surface area (TPSA) is 82.5 Å². The molecule has 2 saturated heterocycles. The third kappa shape index (κ3) is 4.79. The third-order valence-corrected chi connectivity index (χ3v) is 6.90. The molecule has 0 saturated carbocycles. The highest BCUT2D eigenvalue weighted by Crippen LogP contribution is 2.30. The van der Waals surface area contributed by atoms with Gasteiger partial charge in [-0.2, -0.15) is 5.10 Å². The van der Waals surface area contributed by atoms with Crippen molar-refractivity contribution in [2.75, 3.05) is 42.9 Å². The van der Waals surface area contributed by atoms with Crippen LogP contribution in [0.3, 0.4) is 0 Å². The van der Waals surface area contributed by atoms with Crippen LogP contribution >= 0.6 is 0 Å². The molecule has 3 aromatic rings. The lowest BCUT2D eigenvalue weighted by Crippen LogP contribution is -2.52. The first-order valence-electron chi connectivity index (χ1n) is 12.3. The van der Waals surface area contributed by atoms with E-state index in [0.717, 1.165) is 41.4 Å². The number of carbonyl (C=O) groups excluding carboxylic acids is 2. The summed E-state index contributed by atoms with van der Waals surface area (Å²) in [6, 6.07) is 17.3. The fourth-order valence-corrected chi connectivity index (χ4v) is 5.19. The zero-order valence-electron chi connectivity index (χ0n) is 20.3. The van der Waals surface area contributed by atoms with Crippen molar-refractivity contribution in [3.05, 3.63) is 71.5 Å². The Morgan fingerprint density at radius 1 is 1.00 bits per heavy atom. The molecule has 2 N–H and O–H groups in total. The molecule has 0 radical (unpaired) electrons. The fourth-order valence-electron chi connectivity index (χ4n) is 5.19. The van der Waals surface area contributed by atoms with Gasteiger partial charge in [-0.1, -0.05) is 18.2 Å². The first-order valence-corrected chi connectivity index (χ1v) is 12.3. The van der Waals surface area contributed by atoms with Gasteiger partial charge in [0.25, 0.3) is 0 Å². The SMILES string of the molecule is Cc1nn(-c2ccccc2)c(C)c1[C@@H]1C(=O)NCCN1CC(=O)Nc1ccc(N2CCCC2)cc1.